The molecule has 160 valence electrons. The summed E-state index contributed by atoms with van der Waals surface area (Å²) < 4.78 is 5.30. The Morgan fingerprint density at radius 1 is 1.11 bits per heavy atom. The van der Waals surface area contributed by atoms with E-state index in [4.69, 9.17) is 9.73 Å². The van der Waals surface area contributed by atoms with Crippen LogP contribution in [0.1, 0.15) is 72.6 Å². The number of rotatable bonds is 9. The molecule has 1 aromatic heterocycles. The van der Waals surface area contributed by atoms with E-state index in [-0.39, 0.29) is 12.3 Å². The number of aliphatic hydroxyl groups excluding tert-OH is 1. The van der Waals surface area contributed by atoms with E-state index in [9.17, 15) is 14.7 Å². The molecule has 0 fully saturated rings. The molecular weight excluding hydrogens is 364 g/mol. The van der Waals surface area contributed by atoms with Crippen LogP contribution in [-0.4, -0.2) is 38.4 Å². The number of aromatic nitrogens is 2. The first-order valence-corrected chi connectivity index (χ1v) is 9.61. The second kappa shape index (κ2) is 9.97. The van der Waals surface area contributed by atoms with E-state index in [2.05, 4.69) is 15.5 Å². The highest BCUT2D eigenvalue weighted by Gasteiger charge is 2.38. The van der Waals surface area contributed by atoms with Crippen molar-refractivity contribution in [3.05, 3.63) is 11.7 Å². The number of nitrogens with one attached hydrogen (secondary N) is 2. The topological polar surface area (TPSA) is 138 Å². The van der Waals surface area contributed by atoms with Crippen molar-refractivity contribution in [1.82, 2.24) is 20.9 Å². The van der Waals surface area contributed by atoms with E-state index < -0.39 is 35.3 Å². The lowest BCUT2D eigenvalue weighted by atomic mass is 9.84. The predicted molar refractivity (Wildman–Crippen MR) is 102 cm³/mol. The second-order valence-electron chi connectivity index (χ2n) is 9.11. The van der Waals surface area contributed by atoms with Gasteiger partial charge in [-0.05, 0) is 23.7 Å². The van der Waals surface area contributed by atoms with Gasteiger partial charge in [0, 0.05) is 6.42 Å². The monoisotopic (exact) mass is 398 g/mol. The summed E-state index contributed by atoms with van der Waals surface area (Å²) in [6, 6.07) is -0.580. The zero-order valence-corrected chi connectivity index (χ0v) is 17.8. The molecule has 0 aliphatic rings. The molecule has 2 amide bonds. The number of hydrogen-bond donors (Lipinski definition) is 4. The van der Waals surface area contributed by atoms with Crippen LogP contribution in [0.15, 0.2) is 4.52 Å². The summed E-state index contributed by atoms with van der Waals surface area (Å²) in [5.74, 6) is -1.33. The molecule has 1 rings (SSSR count). The molecule has 9 heteroatoms. The van der Waals surface area contributed by atoms with E-state index >= 15 is 0 Å². The largest absolute Gasteiger partial charge is 0.382 e. The van der Waals surface area contributed by atoms with Gasteiger partial charge in [0.2, 0.25) is 11.8 Å². The molecule has 4 N–H and O–H groups in total. The number of amides is 2. The first-order chi connectivity index (χ1) is 12.9. The van der Waals surface area contributed by atoms with Crippen molar-refractivity contribution in [2.45, 2.75) is 73.5 Å². The van der Waals surface area contributed by atoms with Crippen molar-refractivity contribution < 1.29 is 24.4 Å². The zero-order chi connectivity index (χ0) is 21.6. The lowest BCUT2D eigenvalue weighted by Gasteiger charge is -2.31. The molecule has 0 saturated carbocycles. The number of nitrogens with zero attached hydrogens (tertiary/aromatic N) is 2. The summed E-state index contributed by atoms with van der Waals surface area (Å²) in [6.07, 6.45) is -0.777. The van der Waals surface area contributed by atoms with Gasteiger partial charge in [-0.15, -0.1) is 0 Å². The molecule has 0 aliphatic carbocycles. The van der Waals surface area contributed by atoms with Crippen molar-refractivity contribution in [2.24, 2.45) is 23.2 Å². The third-order valence-corrected chi connectivity index (χ3v) is 4.30. The maximum absolute atomic E-state index is 12.9. The van der Waals surface area contributed by atoms with Gasteiger partial charge in [-0.25, -0.2) is 5.48 Å². The van der Waals surface area contributed by atoms with Gasteiger partial charge in [0.05, 0.1) is 12.0 Å². The summed E-state index contributed by atoms with van der Waals surface area (Å²) in [4.78, 5) is 29.0. The van der Waals surface area contributed by atoms with Crippen molar-refractivity contribution in [3.8, 4) is 0 Å². The van der Waals surface area contributed by atoms with E-state index in [1.807, 2.05) is 48.5 Å². The minimum absolute atomic E-state index is 0.0489. The highest BCUT2D eigenvalue weighted by molar-refractivity contribution is 5.88. The summed E-state index contributed by atoms with van der Waals surface area (Å²) in [5.41, 5.74) is 0.958. The quantitative estimate of drug-likeness (QED) is 0.369. The van der Waals surface area contributed by atoms with Gasteiger partial charge < -0.3 is 14.9 Å². The molecule has 28 heavy (non-hydrogen) atoms. The van der Waals surface area contributed by atoms with Crippen LogP contribution in [0.3, 0.4) is 0 Å². The van der Waals surface area contributed by atoms with Crippen LogP contribution < -0.4 is 10.8 Å². The second-order valence-corrected chi connectivity index (χ2v) is 9.11. The van der Waals surface area contributed by atoms with Gasteiger partial charge in [-0.2, -0.15) is 4.98 Å². The van der Waals surface area contributed by atoms with Gasteiger partial charge in [0.25, 0.3) is 5.91 Å². The van der Waals surface area contributed by atoms with Gasteiger partial charge in [0.1, 0.15) is 6.10 Å². The first kappa shape index (κ1) is 24.0. The van der Waals surface area contributed by atoms with Crippen LogP contribution in [0.5, 0.6) is 0 Å². The SMILES string of the molecule is CC(C)Cc1nc(C(NC(=O)C(CC(C)C)C(O)C(=O)NO)C(C)(C)C)no1. The number of carbonyl (C=O) groups excluding carboxylic acids is 2. The summed E-state index contributed by atoms with van der Waals surface area (Å²) in [5, 5.41) is 25.9. The Hall–Kier alpha value is -2.00. The lowest BCUT2D eigenvalue weighted by molar-refractivity contribution is -0.147. The number of hydroxylamine groups is 1. The molecule has 1 heterocycles. The van der Waals surface area contributed by atoms with Gasteiger partial charge >= 0.3 is 0 Å². The van der Waals surface area contributed by atoms with E-state index in [0.717, 1.165) is 0 Å². The van der Waals surface area contributed by atoms with Crippen LogP contribution in [0.4, 0.5) is 0 Å². The molecule has 0 aliphatic heterocycles. The molecule has 0 spiro atoms. The van der Waals surface area contributed by atoms with Crippen LogP contribution in [0.25, 0.3) is 0 Å². The maximum atomic E-state index is 12.9. The molecule has 9 nitrogen and oxygen atoms in total. The Morgan fingerprint density at radius 3 is 2.18 bits per heavy atom. The highest BCUT2D eigenvalue weighted by atomic mass is 16.5. The zero-order valence-electron chi connectivity index (χ0n) is 17.8. The standard InChI is InChI=1S/C19H34N4O5/c1-10(2)8-12(14(24)18(26)22-27)17(25)21-15(19(5,6)7)16-20-13(28-23-16)9-11(3)4/h10-12,14-15,24,27H,8-9H2,1-7H3,(H,21,25)(H,22,26). The fourth-order valence-electron chi connectivity index (χ4n) is 2.87. The number of aliphatic hydroxyl groups is 1. The molecule has 0 aromatic carbocycles. The Morgan fingerprint density at radius 2 is 1.71 bits per heavy atom. The molecular formula is C19H34N4O5. The van der Waals surface area contributed by atoms with E-state index in [0.29, 0.717) is 24.1 Å². The van der Waals surface area contributed by atoms with Crippen LogP contribution in [0.2, 0.25) is 0 Å². The minimum Gasteiger partial charge on any atom is -0.382 e. The lowest BCUT2D eigenvalue weighted by Crippen LogP contribution is -2.48. The Balaban J connectivity index is 3.10. The maximum Gasteiger partial charge on any atom is 0.272 e. The Kier molecular flexibility index (Phi) is 8.56. The minimum atomic E-state index is -1.67. The van der Waals surface area contributed by atoms with Crippen LogP contribution >= 0.6 is 0 Å². The molecule has 3 atom stereocenters. The van der Waals surface area contributed by atoms with Crippen molar-refractivity contribution in [3.63, 3.8) is 0 Å². The average Bonchev–Trinajstić information content (AvgIpc) is 3.01. The summed E-state index contributed by atoms with van der Waals surface area (Å²) in [7, 11) is 0. The fraction of sp³-hybridized carbons (Fsp3) is 0.789. The van der Waals surface area contributed by atoms with Crippen LogP contribution in [0, 0.1) is 23.2 Å². The summed E-state index contributed by atoms with van der Waals surface area (Å²) in [6.45, 7) is 13.6. The van der Waals surface area contributed by atoms with Gasteiger partial charge in [-0.1, -0.05) is 53.6 Å². The summed E-state index contributed by atoms with van der Waals surface area (Å²) >= 11 is 0. The van der Waals surface area contributed by atoms with Crippen molar-refractivity contribution in [1.29, 1.82) is 0 Å². The van der Waals surface area contributed by atoms with Gasteiger partial charge in [-0.3, -0.25) is 14.8 Å². The molecule has 0 radical (unpaired) electrons. The van der Waals surface area contributed by atoms with Crippen molar-refractivity contribution in [2.75, 3.05) is 0 Å². The first-order valence-electron chi connectivity index (χ1n) is 9.61. The van der Waals surface area contributed by atoms with Crippen LogP contribution in [-0.2, 0) is 16.0 Å². The van der Waals surface area contributed by atoms with E-state index in [1.54, 1.807) is 0 Å². The third kappa shape index (κ3) is 6.87. The Labute approximate surface area is 166 Å². The molecule has 0 saturated heterocycles. The Bertz CT molecular complexity index is 651. The van der Waals surface area contributed by atoms with Gasteiger partial charge in [0.15, 0.2) is 5.82 Å². The number of hydrogen-bond acceptors (Lipinski definition) is 7. The highest BCUT2D eigenvalue weighted by Crippen LogP contribution is 2.32. The third-order valence-electron chi connectivity index (χ3n) is 4.30. The predicted octanol–water partition coefficient (Wildman–Crippen LogP) is 2.00. The van der Waals surface area contributed by atoms with E-state index in [1.165, 1.54) is 5.48 Å². The normalized spacial score (nSPS) is 15.4. The number of carbonyl (C=O) groups is 2. The van der Waals surface area contributed by atoms with Crippen molar-refractivity contribution >= 4 is 11.8 Å². The smallest absolute Gasteiger partial charge is 0.272 e. The molecule has 1 aromatic rings. The fourth-order valence-corrected chi connectivity index (χ4v) is 2.87. The molecule has 0 bridgehead atoms. The molecule has 3 unspecified atom stereocenters. The average molecular weight is 399 g/mol.